The lowest BCUT2D eigenvalue weighted by molar-refractivity contribution is -0.144. The molecule has 1 aliphatic rings. The van der Waals surface area contributed by atoms with Gasteiger partial charge in [-0.15, -0.1) is 5.10 Å². The molecule has 0 unspecified atom stereocenters. The molecule has 1 heterocycles. The van der Waals surface area contributed by atoms with Gasteiger partial charge in [0.1, 0.15) is 23.3 Å². The topological polar surface area (TPSA) is 117 Å². The molecule has 5 rings (SSSR count). The number of methoxy groups -OCH3 is 4. The van der Waals surface area contributed by atoms with E-state index in [4.69, 9.17) is 18.9 Å². The molecule has 3 aromatic carbocycles. The molecule has 2 amide bonds. The van der Waals surface area contributed by atoms with Crippen LogP contribution in [0.5, 0.6) is 23.0 Å². The summed E-state index contributed by atoms with van der Waals surface area (Å²) in [5, 5.41) is 11.9. The summed E-state index contributed by atoms with van der Waals surface area (Å²) in [6, 6.07) is 16.6. The summed E-state index contributed by atoms with van der Waals surface area (Å²) >= 11 is 0. The first kappa shape index (κ1) is 31.6. The Morgan fingerprint density at radius 1 is 0.911 bits per heavy atom. The number of ether oxygens (including phenoxy) is 4. The Labute approximate surface area is 263 Å². The van der Waals surface area contributed by atoms with Crippen molar-refractivity contribution < 1.29 is 28.5 Å². The van der Waals surface area contributed by atoms with Crippen LogP contribution in [0.15, 0.2) is 60.7 Å². The number of rotatable bonds is 12. The predicted molar refractivity (Wildman–Crippen MR) is 170 cm³/mol. The first-order valence-electron chi connectivity index (χ1n) is 15.2. The molecule has 45 heavy (non-hydrogen) atoms. The van der Waals surface area contributed by atoms with Crippen LogP contribution < -0.4 is 24.3 Å². The van der Waals surface area contributed by atoms with Crippen LogP contribution in [0.1, 0.15) is 62.2 Å². The zero-order valence-electron chi connectivity index (χ0n) is 26.5. The highest BCUT2D eigenvalue weighted by atomic mass is 16.5. The normalized spacial score (nSPS) is 14.8. The summed E-state index contributed by atoms with van der Waals surface area (Å²) in [4.78, 5) is 30.8. The summed E-state index contributed by atoms with van der Waals surface area (Å²) in [6.07, 6.45) is 5.02. The van der Waals surface area contributed by atoms with Gasteiger partial charge in [-0.3, -0.25) is 9.59 Å². The first-order valence-corrected chi connectivity index (χ1v) is 15.2. The maximum absolute atomic E-state index is 14.7. The number of hydrogen-bond acceptors (Lipinski definition) is 8. The van der Waals surface area contributed by atoms with Crippen LogP contribution >= 0.6 is 0 Å². The second-order valence-electron chi connectivity index (χ2n) is 11.2. The van der Waals surface area contributed by atoms with Crippen molar-refractivity contribution in [2.75, 3.05) is 28.4 Å². The molecule has 4 aromatic rings. The van der Waals surface area contributed by atoms with Gasteiger partial charge >= 0.3 is 0 Å². The minimum atomic E-state index is -1.03. The number of benzene rings is 3. The molecule has 2 atom stereocenters. The Morgan fingerprint density at radius 2 is 1.58 bits per heavy atom. The average Bonchev–Trinajstić information content (AvgIpc) is 3.51. The zero-order chi connectivity index (χ0) is 31.9. The lowest BCUT2D eigenvalue weighted by Crippen LogP contribution is -2.48. The summed E-state index contributed by atoms with van der Waals surface area (Å²) in [7, 11) is 6.18. The van der Waals surface area contributed by atoms with E-state index in [0.717, 1.165) is 43.2 Å². The van der Waals surface area contributed by atoms with Crippen molar-refractivity contribution in [3.8, 4) is 23.0 Å². The molecule has 11 heteroatoms. The third-order valence-corrected chi connectivity index (χ3v) is 8.41. The Morgan fingerprint density at radius 3 is 2.20 bits per heavy atom. The number of carbonyl (C=O) groups excluding carboxylic acids is 2. The monoisotopic (exact) mass is 615 g/mol. The van der Waals surface area contributed by atoms with Crippen LogP contribution in [0.4, 0.5) is 0 Å². The van der Waals surface area contributed by atoms with Crippen LogP contribution in [-0.2, 0) is 16.1 Å². The molecule has 0 spiro atoms. The molecule has 1 saturated carbocycles. The van der Waals surface area contributed by atoms with Crippen molar-refractivity contribution in [3.63, 3.8) is 0 Å². The average molecular weight is 616 g/mol. The maximum Gasteiger partial charge on any atom is 0.248 e. The van der Waals surface area contributed by atoms with Gasteiger partial charge in [-0.25, -0.2) is 4.68 Å². The quantitative estimate of drug-likeness (QED) is 0.230. The number of nitrogens with zero attached hydrogens (tertiary/aromatic N) is 4. The smallest absolute Gasteiger partial charge is 0.248 e. The number of amides is 2. The largest absolute Gasteiger partial charge is 0.497 e. The standard InChI is InChI=1S/C34H41N5O6/c1-22(39-28-14-10-9-13-27(28)36-37-39)34(41)38(21-23-15-17-26(42-2)18-16-23)31(33(40)35-25-11-7-6-8-12-25)24-19-29(43-3)32(45-5)30(20-24)44-4/h9-10,13-20,22,25,31H,6-8,11-12,21H2,1-5H3,(H,35,40)/t22-,31-/m1/s1. The fourth-order valence-electron chi connectivity index (χ4n) is 6.00. The fraction of sp³-hybridized carbons (Fsp3) is 0.412. The summed E-state index contributed by atoms with van der Waals surface area (Å²) in [5.41, 5.74) is 2.74. The van der Waals surface area contributed by atoms with Crippen LogP contribution in [0.25, 0.3) is 11.0 Å². The predicted octanol–water partition coefficient (Wildman–Crippen LogP) is 5.25. The molecule has 0 radical (unpaired) electrons. The van der Waals surface area contributed by atoms with E-state index in [-0.39, 0.29) is 24.4 Å². The second-order valence-corrected chi connectivity index (χ2v) is 11.2. The second kappa shape index (κ2) is 14.3. The highest BCUT2D eigenvalue weighted by Crippen LogP contribution is 2.41. The molecule has 0 saturated heterocycles. The Kier molecular flexibility index (Phi) is 10.1. The van der Waals surface area contributed by atoms with Crippen LogP contribution in [0.2, 0.25) is 0 Å². The van der Waals surface area contributed by atoms with Crippen molar-refractivity contribution in [1.29, 1.82) is 0 Å². The van der Waals surface area contributed by atoms with Crippen LogP contribution in [0, 0.1) is 0 Å². The third kappa shape index (κ3) is 6.82. The van der Waals surface area contributed by atoms with Crippen molar-refractivity contribution >= 4 is 22.8 Å². The Hall–Kier alpha value is -4.80. The molecule has 1 aliphatic carbocycles. The van der Waals surface area contributed by atoms with Crippen LogP contribution in [0.3, 0.4) is 0 Å². The van der Waals surface area contributed by atoms with Gasteiger partial charge in [-0.1, -0.05) is 48.7 Å². The van der Waals surface area contributed by atoms with E-state index in [0.29, 0.717) is 34.1 Å². The van der Waals surface area contributed by atoms with Crippen molar-refractivity contribution in [2.24, 2.45) is 0 Å². The van der Waals surface area contributed by atoms with Gasteiger partial charge < -0.3 is 29.2 Å². The van der Waals surface area contributed by atoms with Gasteiger partial charge in [0.05, 0.1) is 34.0 Å². The van der Waals surface area contributed by atoms with Gasteiger partial charge in [-0.2, -0.15) is 0 Å². The minimum absolute atomic E-state index is 0.0189. The van der Waals surface area contributed by atoms with Gasteiger partial charge in [0.15, 0.2) is 11.5 Å². The summed E-state index contributed by atoms with van der Waals surface area (Å²) in [6.45, 7) is 1.91. The first-order chi connectivity index (χ1) is 21.9. The number of para-hydroxylation sites is 1. The summed E-state index contributed by atoms with van der Waals surface area (Å²) in [5.74, 6) is 1.26. The van der Waals surface area contributed by atoms with Gasteiger partial charge in [-0.05, 0) is 67.3 Å². The lowest BCUT2D eigenvalue weighted by atomic mass is 9.94. The number of nitrogens with one attached hydrogen (secondary N) is 1. The molecular weight excluding hydrogens is 574 g/mol. The zero-order valence-corrected chi connectivity index (χ0v) is 26.5. The number of hydrogen-bond donors (Lipinski definition) is 1. The molecule has 0 aliphatic heterocycles. The third-order valence-electron chi connectivity index (χ3n) is 8.41. The molecular formula is C34H41N5O6. The van der Waals surface area contributed by atoms with E-state index >= 15 is 0 Å². The van der Waals surface area contributed by atoms with Gasteiger partial charge in [0, 0.05) is 12.6 Å². The molecule has 1 fully saturated rings. The maximum atomic E-state index is 14.7. The van der Waals surface area contributed by atoms with E-state index in [1.807, 2.05) is 48.5 Å². The van der Waals surface area contributed by atoms with E-state index in [9.17, 15) is 9.59 Å². The molecule has 238 valence electrons. The van der Waals surface area contributed by atoms with E-state index in [1.165, 1.54) is 21.3 Å². The number of carbonyl (C=O) groups is 2. The highest BCUT2D eigenvalue weighted by Gasteiger charge is 2.37. The minimum Gasteiger partial charge on any atom is -0.497 e. The molecule has 1 N–H and O–H groups in total. The van der Waals surface area contributed by atoms with E-state index in [1.54, 1.807) is 35.7 Å². The number of fused-ring (bicyclic) bond motifs is 1. The fourth-order valence-corrected chi connectivity index (χ4v) is 6.00. The Balaban J connectivity index is 1.64. The van der Waals surface area contributed by atoms with E-state index in [2.05, 4.69) is 15.6 Å². The number of aromatic nitrogens is 3. The van der Waals surface area contributed by atoms with Crippen molar-refractivity contribution in [1.82, 2.24) is 25.2 Å². The van der Waals surface area contributed by atoms with Gasteiger partial charge in [0.25, 0.3) is 0 Å². The van der Waals surface area contributed by atoms with Crippen LogP contribution in [-0.4, -0.2) is 66.2 Å². The highest BCUT2D eigenvalue weighted by molar-refractivity contribution is 5.91. The van der Waals surface area contributed by atoms with Gasteiger partial charge in [0.2, 0.25) is 17.6 Å². The van der Waals surface area contributed by atoms with Crippen molar-refractivity contribution in [2.45, 2.75) is 63.7 Å². The van der Waals surface area contributed by atoms with E-state index < -0.39 is 12.1 Å². The SMILES string of the molecule is COc1ccc(CN(C(=O)[C@@H](C)n2nnc3ccccc32)[C@@H](C(=O)NC2CCCCC2)c2cc(OC)c(OC)c(OC)c2)cc1. The summed E-state index contributed by atoms with van der Waals surface area (Å²) < 4.78 is 23.9. The molecule has 0 bridgehead atoms. The van der Waals surface area contributed by atoms with Crippen molar-refractivity contribution in [3.05, 3.63) is 71.8 Å². The Bertz CT molecular complexity index is 1590. The lowest BCUT2D eigenvalue weighted by Gasteiger charge is -2.35. The molecule has 1 aromatic heterocycles. The molecule has 11 nitrogen and oxygen atoms in total.